The molecule has 0 radical (unpaired) electrons. The fourth-order valence-corrected chi connectivity index (χ4v) is 5.46. The number of nitrogens with one attached hydrogen (secondary N) is 1. The number of hydrogen-bond donors (Lipinski definition) is 1. The molecule has 0 aromatic heterocycles. The van der Waals surface area contributed by atoms with Crippen molar-refractivity contribution in [3.05, 3.63) is 88.9 Å². The molecule has 2 aliphatic heterocycles. The molecule has 2 amide bonds. The van der Waals surface area contributed by atoms with E-state index < -0.39 is 5.25 Å². The van der Waals surface area contributed by atoms with Crippen molar-refractivity contribution in [1.29, 1.82) is 0 Å². The third kappa shape index (κ3) is 5.69. The van der Waals surface area contributed by atoms with Crippen LogP contribution in [-0.4, -0.2) is 47.2 Å². The van der Waals surface area contributed by atoms with Crippen LogP contribution in [0.4, 0.5) is 5.69 Å². The molecule has 0 spiro atoms. The van der Waals surface area contributed by atoms with Gasteiger partial charge < -0.3 is 14.8 Å². The van der Waals surface area contributed by atoms with Gasteiger partial charge in [0.15, 0.2) is 5.17 Å². The van der Waals surface area contributed by atoms with E-state index in [4.69, 9.17) is 26.2 Å². The SMILES string of the molecule is COc1ccc(NC(=O)C[C@@H]2SC(N3N=C(c4ccc(Cl)cc4)C[C@@H]3c3cccc(OC)c3)=NC2=O)cc1. The minimum Gasteiger partial charge on any atom is -0.497 e. The van der Waals surface area contributed by atoms with E-state index >= 15 is 0 Å². The van der Waals surface area contributed by atoms with E-state index in [2.05, 4.69) is 10.3 Å². The molecule has 0 saturated heterocycles. The maximum Gasteiger partial charge on any atom is 0.262 e. The quantitative estimate of drug-likeness (QED) is 0.417. The average molecular weight is 549 g/mol. The molecule has 194 valence electrons. The summed E-state index contributed by atoms with van der Waals surface area (Å²) in [5, 5.41) is 9.95. The van der Waals surface area contributed by atoms with E-state index in [-0.39, 0.29) is 24.3 Å². The number of hydrogen-bond acceptors (Lipinski definition) is 7. The third-order valence-electron chi connectivity index (χ3n) is 6.24. The van der Waals surface area contributed by atoms with Crippen LogP contribution in [0.5, 0.6) is 11.5 Å². The van der Waals surface area contributed by atoms with Gasteiger partial charge in [0.05, 0.1) is 26.0 Å². The van der Waals surface area contributed by atoms with E-state index in [9.17, 15) is 9.59 Å². The lowest BCUT2D eigenvalue weighted by Gasteiger charge is -2.23. The highest BCUT2D eigenvalue weighted by atomic mass is 35.5. The third-order valence-corrected chi connectivity index (χ3v) is 7.63. The molecule has 0 bridgehead atoms. The van der Waals surface area contributed by atoms with Gasteiger partial charge in [-0.05, 0) is 59.7 Å². The highest BCUT2D eigenvalue weighted by Gasteiger charge is 2.39. The van der Waals surface area contributed by atoms with Crippen molar-refractivity contribution >= 4 is 51.7 Å². The summed E-state index contributed by atoms with van der Waals surface area (Å²) in [6.45, 7) is 0. The summed E-state index contributed by atoms with van der Waals surface area (Å²) < 4.78 is 10.6. The number of carbonyl (C=O) groups excluding carboxylic acids is 2. The standard InChI is InChI=1S/C28H25ClN4O4S/c1-36-21-12-10-20(11-13-21)30-26(34)16-25-27(35)31-28(38-25)33-24(18-4-3-5-22(14-18)37-2)15-23(32-33)17-6-8-19(29)9-7-17/h3-14,24-25H,15-16H2,1-2H3,(H,30,34)/t24-,25+/m1/s1. The highest BCUT2D eigenvalue weighted by molar-refractivity contribution is 8.15. The molecule has 5 rings (SSSR count). The van der Waals surface area contributed by atoms with Gasteiger partial charge in [-0.25, -0.2) is 5.01 Å². The number of rotatable bonds is 7. The zero-order chi connectivity index (χ0) is 26.6. The zero-order valence-corrected chi connectivity index (χ0v) is 22.3. The van der Waals surface area contributed by atoms with Crippen LogP contribution in [0, 0.1) is 0 Å². The summed E-state index contributed by atoms with van der Waals surface area (Å²) >= 11 is 7.34. The fraction of sp³-hybridized carbons (Fsp3) is 0.214. The first-order valence-electron chi connectivity index (χ1n) is 11.9. The molecular weight excluding hydrogens is 524 g/mol. The Hall–Kier alpha value is -3.82. The van der Waals surface area contributed by atoms with Gasteiger partial charge in [0.2, 0.25) is 5.91 Å². The number of benzene rings is 3. The number of anilines is 1. The van der Waals surface area contributed by atoms with Gasteiger partial charge in [0.1, 0.15) is 16.7 Å². The van der Waals surface area contributed by atoms with Crippen LogP contribution < -0.4 is 14.8 Å². The van der Waals surface area contributed by atoms with Gasteiger partial charge in [0.25, 0.3) is 5.91 Å². The van der Waals surface area contributed by atoms with Crippen LogP contribution in [0.3, 0.4) is 0 Å². The molecule has 2 heterocycles. The van der Waals surface area contributed by atoms with Gasteiger partial charge in [0, 0.05) is 23.6 Å². The Bertz CT molecular complexity index is 1410. The van der Waals surface area contributed by atoms with Crippen LogP contribution >= 0.6 is 23.4 Å². The number of hydrazone groups is 1. The summed E-state index contributed by atoms with van der Waals surface area (Å²) in [4.78, 5) is 29.8. The number of halogens is 1. The number of amides is 2. The van der Waals surface area contributed by atoms with Gasteiger partial charge in [-0.1, -0.05) is 47.6 Å². The Morgan fingerprint density at radius 3 is 2.50 bits per heavy atom. The van der Waals surface area contributed by atoms with E-state index in [1.165, 1.54) is 11.8 Å². The van der Waals surface area contributed by atoms with Gasteiger partial charge >= 0.3 is 0 Å². The molecule has 2 aliphatic rings. The smallest absolute Gasteiger partial charge is 0.262 e. The molecule has 0 saturated carbocycles. The number of ether oxygens (including phenoxy) is 2. The zero-order valence-electron chi connectivity index (χ0n) is 20.8. The molecular formula is C28H25ClN4O4S. The molecule has 3 aromatic rings. The molecule has 2 atom stereocenters. The Morgan fingerprint density at radius 2 is 1.79 bits per heavy atom. The Balaban J connectivity index is 1.34. The van der Waals surface area contributed by atoms with Gasteiger partial charge in [-0.2, -0.15) is 10.1 Å². The average Bonchev–Trinajstić information content (AvgIpc) is 3.53. The molecule has 0 fully saturated rings. The molecule has 0 aliphatic carbocycles. The molecule has 3 aromatic carbocycles. The summed E-state index contributed by atoms with van der Waals surface area (Å²) in [5.41, 5.74) is 3.40. The van der Waals surface area contributed by atoms with Crippen LogP contribution in [0.15, 0.2) is 82.9 Å². The molecule has 1 N–H and O–H groups in total. The number of thioether (sulfide) groups is 1. The highest BCUT2D eigenvalue weighted by Crippen LogP contribution is 2.39. The van der Waals surface area contributed by atoms with Crippen molar-refractivity contribution in [3.63, 3.8) is 0 Å². The minimum absolute atomic E-state index is 0.00600. The Kier molecular flexibility index (Phi) is 7.67. The summed E-state index contributed by atoms with van der Waals surface area (Å²) in [6.07, 6.45) is 0.596. The molecule has 10 heteroatoms. The van der Waals surface area contributed by atoms with Crippen molar-refractivity contribution in [1.82, 2.24) is 5.01 Å². The second kappa shape index (κ2) is 11.3. The topological polar surface area (TPSA) is 92.6 Å². The fourth-order valence-electron chi connectivity index (χ4n) is 4.27. The largest absolute Gasteiger partial charge is 0.497 e. The second-order valence-electron chi connectivity index (χ2n) is 8.71. The predicted molar refractivity (Wildman–Crippen MR) is 150 cm³/mol. The van der Waals surface area contributed by atoms with Crippen molar-refractivity contribution < 1.29 is 19.1 Å². The maximum atomic E-state index is 12.8. The van der Waals surface area contributed by atoms with E-state index in [1.807, 2.05) is 48.5 Å². The van der Waals surface area contributed by atoms with E-state index in [0.29, 0.717) is 28.0 Å². The minimum atomic E-state index is -0.635. The molecule has 38 heavy (non-hydrogen) atoms. The van der Waals surface area contributed by atoms with Crippen molar-refractivity contribution in [2.75, 3.05) is 19.5 Å². The number of nitrogens with zero attached hydrogens (tertiary/aromatic N) is 3. The van der Waals surface area contributed by atoms with Gasteiger partial charge in [-0.3, -0.25) is 9.59 Å². The van der Waals surface area contributed by atoms with Crippen molar-refractivity contribution in [3.8, 4) is 11.5 Å². The lowest BCUT2D eigenvalue weighted by Crippen LogP contribution is -2.25. The van der Waals surface area contributed by atoms with Crippen LogP contribution in [0.1, 0.15) is 30.0 Å². The first-order chi connectivity index (χ1) is 18.4. The first-order valence-corrected chi connectivity index (χ1v) is 13.2. The summed E-state index contributed by atoms with van der Waals surface area (Å²) in [7, 11) is 3.20. The number of aliphatic imine (C=N–C) groups is 1. The number of carbonyl (C=O) groups is 2. The van der Waals surface area contributed by atoms with Crippen molar-refractivity contribution in [2.24, 2.45) is 10.1 Å². The number of methoxy groups -OCH3 is 2. The Labute approximate surface area is 229 Å². The van der Waals surface area contributed by atoms with E-state index in [0.717, 1.165) is 22.6 Å². The normalized spacial score (nSPS) is 18.7. The lowest BCUT2D eigenvalue weighted by atomic mass is 9.98. The van der Waals surface area contributed by atoms with E-state index in [1.54, 1.807) is 43.5 Å². The Morgan fingerprint density at radius 1 is 1.05 bits per heavy atom. The number of amidine groups is 1. The second-order valence-corrected chi connectivity index (χ2v) is 10.3. The summed E-state index contributed by atoms with van der Waals surface area (Å²) in [5.74, 6) is 0.799. The lowest BCUT2D eigenvalue weighted by molar-refractivity contribution is -0.121. The van der Waals surface area contributed by atoms with Crippen molar-refractivity contribution in [2.45, 2.75) is 24.1 Å². The van der Waals surface area contributed by atoms with Crippen LogP contribution in [0.2, 0.25) is 5.02 Å². The van der Waals surface area contributed by atoms with Crippen LogP contribution in [0.25, 0.3) is 0 Å². The van der Waals surface area contributed by atoms with Crippen LogP contribution in [-0.2, 0) is 9.59 Å². The maximum absolute atomic E-state index is 12.8. The van der Waals surface area contributed by atoms with Gasteiger partial charge in [-0.15, -0.1) is 0 Å². The first kappa shape index (κ1) is 25.8. The summed E-state index contributed by atoms with van der Waals surface area (Å²) in [6, 6.07) is 22.1. The molecule has 0 unspecified atom stereocenters. The predicted octanol–water partition coefficient (Wildman–Crippen LogP) is 5.54. The monoisotopic (exact) mass is 548 g/mol. The molecule has 8 nitrogen and oxygen atoms in total.